The summed E-state index contributed by atoms with van der Waals surface area (Å²) in [5, 5.41) is 28.6. The Kier molecular flexibility index (Phi) is 13.0. The van der Waals surface area contributed by atoms with Crippen LogP contribution in [0.15, 0.2) is 102 Å². The monoisotopic (exact) mass is 935 g/mol. The van der Waals surface area contributed by atoms with Crippen LogP contribution in [0.1, 0.15) is 106 Å². The van der Waals surface area contributed by atoms with Gasteiger partial charge < -0.3 is 44.0 Å². The highest BCUT2D eigenvalue weighted by molar-refractivity contribution is 5.97. The summed E-state index contributed by atoms with van der Waals surface area (Å²) in [6.45, 7) is 8.55. The fraction of sp³-hybridized carbons (Fsp3) is 0.481. The third-order valence-corrected chi connectivity index (χ3v) is 14.9. The van der Waals surface area contributed by atoms with Gasteiger partial charge >= 0.3 is 29.8 Å². The second kappa shape index (κ2) is 18.4. The highest BCUT2D eigenvalue weighted by Gasteiger charge is 2.79. The van der Waals surface area contributed by atoms with E-state index in [1.165, 1.54) is 26.0 Å². The van der Waals surface area contributed by atoms with Crippen molar-refractivity contribution in [1.29, 1.82) is 0 Å². The quantitative estimate of drug-likeness (QED) is 0.115. The number of nitrogens with one attached hydrogen (secondary N) is 1. The average Bonchev–Trinajstić information content (AvgIpc) is 4.18. The van der Waals surface area contributed by atoms with Gasteiger partial charge in [-0.15, -0.1) is 0 Å². The number of Topliss-reactive ketones (excluding diaryl/α,β-unsaturated/α-hetero) is 1. The van der Waals surface area contributed by atoms with E-state index in [1.54, 1.807) is 99.6 Å². The molecule has 2 bridgehead atoms. The summed E-state index contributed by atoms with van der Waals surface area (Å²) < 4.78 is 37.4. The topological polar surface area (TPSA) is 227 Å². The maximum Gasteiger partial charge on any atom is 0.338 e. The minimum Gasteiger partial charge on any atom is -0.461 e. The van der Waals surface area contributed by atoms with Gasteiger partial charge in [0.1, 0.15) is 30.0 Å². The zero-order chi connectivity index (χ0) is 48.9. The van der Waals surface area contributed by atoms with E-state index < -0.39 is 124 Å². The first-order valence-corrected chi connectivity index (χ1v) is 23.0. The molecule has 1 amide bonds. The molecule has 1 saturated heterocycles. The molecular weight excluding hydrogens is 879 g/mol. The summed E-state index contributed by atoms with van der Waals surface area (Å²) in [6.07, 6.45) is -9.44. The van der Waals surface area contributed by atoms with Gasteiger partial charge in [0.2, 0.25) is 0 Å². The molecule has 1 aliphatic heterocycles. The van der Waals surface area contributed by atoms with Gasteiger partial charge in [0, 0.05) is 37.2 Å². The number of rotatable bonds is 13. The number of hydrogen-bond acceptors (Lipinski definition) is 15. The van der Waals surface area contributed by atoms with Crippen LogP contribution in [-0.4, -0.2) is 106 Å². The second-order valence-electron chi connectivity index (χ2n) is 19.3. The fourth-order valence-corrected chi connectivity index (χ4v) is 10.9. The number of ether oxygens (including phenoxy) is 6. The predicted octanol–water partition coefficient (Wildman–Crippen LogP) is 5.09. The SMILES string of the molecule is CCC(=O)O[C@H]1C(=O)[C@]2(C)[C@@H](OC(=O)C3CC3)C[C@H]3OC[C@@]3(OC(C)=O)[C@H]2[C@H](OC(=O)c2ccccc2)[C@]2(O)C[C@H](OC(=O)[C@H](O)[C@@H](NC(=O)c3ccccc3)c3ccccc3)C(C)=C1C2(C)C. The number of amides is 1. The molecule has 0 spiro atoms. The van der Waals surface area contributed by atoms with E-state index in [4.69, 9.17) is 28.4 Å². The van der Waals surface area contributed by atoms with Crippen LogP contribution in [0.2, 0.25) is 0 Å². The van der Waals surface area contributed by atoms with E-state index in [0.717, 1.165) is 6.92 Å². The molecule has 0 unspecified atom stereocenters. The second-order valence-corrected chi connectivity index (χ2v) is 19.3. The molecule has 3 saturated carbocycles. The van der Waals surface area contributed by atoms with Crippen molar-refractivity contribution in [2.75, 3.05) is 6.61 Å². The normalized spacial score (nSPS) is 31.1. The number of hydrogen-bond donors (Lipinski definition) is 3. The van der Waals surface area contributed by atoms with Crippen LogP contribution in [0, 0.1) is 22.7 Å². The molecule has 0 radical (unpaired) electrons. The van der Waals surface area contributed by atoms with Crippen LogP contribution < -0.4 is 5.32 Å². The van der Waals surface area contributed by atoms with Crippen LogP contribution >= 0.6 is 0 Å². The van der Waals surface area contributed by atoms with Gasteiger partial charge in [0.05, 0.1) is 35.5 Å². The molecule has 3 N–H and O–H groups in total. The van der Waals surface area contributed by atoms with Crippen molar-refractivity contribution >= 4 is 41.5 Å². The molecule has 68 heavy (non-hydrogen) atoms. The lowest BCUT2D eigenvalue weighted by Crippen LogP contribution is -2.82. The smallest absolute Gasteiger partial charge is 0.338 e. The molecule has 0 aromatic heterocycles. The summed E-state index contributed by atoms with van der Waals surface area (Å²) >= 11 is 0. The van der Waals surface area contributed by atoms with Gasteiger partial charge in [-0.25, -0.2) is 9.59 Å². The number of esters is 5. The van der Waals surface area contributed by atoms with E-state index in [-0.39, 0.29) is 41.7 Å². The van der Waals surface area contributed by atoms with Crippen molar-refractivity contribution < 1.29 is 72.2 Å². The maximum atomic E-state index is 16.1. The predicted molar refractivity (Wildman–Crippen MR) is 239 cm³/mol. The van der Waals surface area contributed by atoms with E-state index in [0.29, 0.717) is 18.4 Å². The van der Waals surface area contributed by atoms with E-state index in [2.05, 4.69) is 5.32 Å². The van der Waals surface area contributed by atoms with Crippen LogP contribution in [-0.2, 0) is 52.4 Å². The molecule has 16 nitrogen and oxygen atoms in total. The lowest BCUT2D eigenvalue weighted by Gasteiger charge is -2.67. The Labute approximate surface area is 393 Å². The third-order valence-electron chi connectivity index (χ3n) is 14.9. The van der Waals surface area contributed by atoms with Crippen molar-refractivity contribution in [2.24, 2.45) is 22.7 Å². The Balaban J connectivity index is 1.31. The minimum atomic E-state index is -2.43. The summed E-state index contributed by atoms with van der Waals surface area (Å²) in [5.74, 6) is -7.79. The number of carbonyl (C=O) groups excluding carboxylic acids is 7. The van der Waals surface area contributed by atoms with E-state index in [9.17, 15) is 39.0 Å². The first-order chi connectivity index (χ1) is 32.3. The zero-order valence-corrected chi connectivity index (χ0v) is 38.8. The lowest BCUT2D eigenvalue weighted by molar-refractivity contribution is -0.346. The summed E-state index contributed by atoms with van der Waals surface area (Å²) in [5.41, 5.74) is -7.14. The molecule has 3 aromatic carbocycles. The van der Waals surface area contributed by atoms with Crippen LogP contribution in [0.25, 0.3) is 0 Å². The molecule has 8 rings (SSSR count). The lowest BCUT2D eigenvalue weighted by atomic mass is 9.44. The first-order valence-electron chi connectivity index (χ1n) is 23.0. The van der Waals surface area contributed by atoms with Crippen LogP contribution in [0.4, 0.5) is 0 Å². The van der Waals surface area contributed by atoms with Gasteiger partial charge in [-0.05, 0) is 67.7 Å². The zero-order valence-electron chi connectivity index (χ0n) is 38.8. The van der Waals surface area contributed by atoms with E-state index in [1.807, 2.05) is 0 Å². The minimum absolute atomic E-state index is 0.00329. The van der Waals surface area contributed by atoms with Crippen molar-refractivity contribution in [1.82, 2.24) is 5.32 Å². The first kappa shape index (κ1) is 48.2. The van der Waals surface area contributed by atoms with Crippen molar-refractivity contribution in [2.45, 2.75) is 128 Å². The number of carbonyl (C=O) groups is 7. The fourth-order valence-electron chi connectivity index (χ4n) is 10.9. The van der Waals surface area contributed by atoms with Gasteiger partial charge in [-0.3, -0.25) is 24.0 Å². The van der Waals surface area contributed by atoms with E-state index >= 15 is 4.79 Å². The Hall–Kier alpha value is -6.23. The Bertz CT molecular complexity index is 2510. The molecule has 1 heterocycles. The average molecular weight is 936 g/mol. The number of benzene rings is 3. The molecule has 4 aliphatic carbocycles. The number of aliphatic hydroxyl groups excluding tert-OH is 1. The van der Waals surface area contributed by atoms with Gasteiger partial charge in [-0.1, -0.05) is 87.5 Å². The Morgan fingerprint density at radius 3 is 2.00 bits per heavy atom. The third kappa shape index (κ3) is 8.29. The van der Waals surface area contributed by atoms with Gasteiger partial charge in [-0.2, -0.15) is 0 Å². The molecule has 360 valence electrons. The summed E-state index contributed by atoms with van der Waals surface area (Å²) in [6, 6.07) is 23.0. The van der Waals surface area contributed by atoms with Crippen LogP contribution in [0.5, 0.6) is 0 Å². The number of ketones is 1. The Morgan fingerprint density at radius 1 is 0.838 bits per heavy atom. The van der Waals surface area contributed by atoms with Crippen molar-refractivity contribution in [3.8, 4) is 0 Å². The molecular formula is C52H57NO15. The summed E-state index contributed by atoms with van der Waals surface area (Å²) in [7, 11) is 0. The standard InChI is InChI=1S/C52H57NO15/c1-7-37(55)66-41-38-28(2)34(64-48(61)40(56)39(30-17-11-8-12-18-30)53-45(58)31-19-13-9-14-20-31)26-52(62,49(38,4)5)44(67-47(60)32-21-15-10-16-22-32)42-50(6,43(41)57)35(65-46(59)33-23-24-33)25-36-51(42,27-63-36)68-29(3)54/h8-22,33-36,39-42,44,56,62H,7,23-27H2,1-6H3,(H,53,58)/t34-,35-,36+,39-,40+,41+,42-,44-,50+,51-,52+/m0/s1. The summed E-state index contributed by atoms with van der Waals surface area (Å²) in [4.78, 5) is 99.3. The van der Waals surface area contributed by atoms with Crippen molar-refractivity contribution in [3.63, 3.8) is 0 Å². The highest BCUT2D eigenvalue weighted by Crippen LogP contribution is 2.65. The molecule has 5 aliphatic rings. The number of aliphatic hydroxyl groups is 2. The molecule has 4 fully saturated rings. The van der Waals surface area contributed by atoms with Crippen LogP contribution in [0.3, 0.4) is 0 Å². The maximum absolute atomic E-state index is 16.1. The number of fused-ring (bicyclic) bond motifs is 5. The van der Waals surface area contributed by atoms with Gasteiger partial charge in [0.15, 0.2) is 23.6 Å². The molecule has 16 heteroatoms. The van der Waals surface area contributed by atoms with Crippen molar-refractivity contribution in [3.05, 3.63) is 119 Å². The molecule has 11 atom stereocenters. The molecule has 3 aromatic rings. The Morgan fingerprint density at radius 2 is 1.44 bits per heavy atom. The highest BCUT2D eigenvalue weighted by atomic mass is 16.6. The van der Waals surface area contributed by atoms with Gasteiger partial charge in [0.25, 0.3) is 5.91 Å². The largest absolute Gasteiger partial charge is 0.461 e.